The predicted molar refractivity (Wildman–Crippen MR) is 85.7 cm³/mol. The zero-order valence-corrected chi connectivity index (χ0v) is 12.9. The Balaban J connectivity index is 1.68. The molecule has 0 spiro atoms. The first-order valence-corrected chi connectivity index (χ1v) is 8.51. The van der Waals surface area contributed by atoms with Gasteiger partial charge in [-0.25, -0.2) is 0 Å². The van der Waals surface area contributed by atoms with Gasteiger partial charge in [0.1, 0.15) is 0 Å². The Morgan fingerprint density at radius 2 is 1.80 bits per heavy atom. The highest BCUT2D eigenvalue weighted by Crippen LogP contribution is 2.34. The SMILES string of the molecule is CCCCC1CCC(C(O)CCc2ccccc2)CC1. The Hall–Kier alpha value is -0.820. The van der Waals surface area contributed by atoms with Crippen LogP contribution in [0.1, 0.15) is 63.9 Å². The van der Waals surface area contributed by atoms with Gasteiger partial charge in [-0.3, -0.25) is 0 Å². The van der Waals surface area contributed by atoms with Crippen LogP contribution in [0, 0.1) is 11.8 Å². The number of benzene rings is 1. The van der Waals surface area contributed by atoms with E-state index in [2.05, 4.69) is 37.3 Å². The molecule has 0 amide bonds. The molecule has 1 fully saturated rings. The summed E-state index contributed by atoms with van der Waals surface area (Å²) in [6, 6.07) is 10.5. The molecule has 0 heterocycles. The molecule has 0 aliphatic heterocycles. The van der Waals surface area contributed by atoms with Crippen LogP contribution in [-0.2, 0) is 6.42 Å². The summed E-state index contributed by atoms with van der Waals surface area (Å²) in [7, 11) is 0. The molecule has 1 unspecified atom stereocenters. The summed E-state index contributed by atoms with van der Waals surface area (Å²) in [5, 5.41) is 10.4. The summed E-state index contributed by atoms with van der Waals surface area (Å²) >= 11 is 0. The van der Waals surface area contributed by atoms with Crippen molar-refractivity contribution in [3.8, 4) is 0 Å². The molecule has 2 rings (SSSR count). The number of unbranched alkanes of at least 4 members (excludes halogenated alkanes) is 1. The van der Waals surface area contributed by atoms with E-state index < -0.39 is 0 Å². The van der Waals surface area contributed by atoms with Crippen LogP contribution in [0.25, 0.3) is 0 Å². The van der Waals surface area contributed by atoms with Crippen molar-refractivity contribution in [2.24, 2.45) is 11.8 Å². The summed E-state index contributed by atoms with van der Waals surface area (Å²) in [6.45, 7) is 2.28. The molecule has 1 aromatic carbocycles. The summed E-state index contributed by atoms with van der Waals surface area (Å²) in [5.41, 5.74) is 1.35. The maximum atomic E-state index is 10.4. The van der Waals surface area contributed by atoms with Crippen LogP contribution < -0.4 is 0 Å². The summed E-state index contributed by atoms with van der Waals surface area (Å²) < 4.78 is 0. The fourth-order valence-corrected chi connectivity index (χ4v) is 3.55. The first-order chi connectivity index (χ1) is 9.79. The second-order valence-corrected chi connectivity index (χ2v) is 6.51. The molecule has 1 nitrogen and oxygen atoms in total. The molecular weight excluding hydrogens is 244 g/mol. The molecule has 1 saturated carbocycles. The van der Waals surface area contributed by atoms with Crippen molar-refractivity contribution in [1.29, 1.82) is 0 Å². The maximum Gasteiger partial charge on any atom is 0.0571 e. The Kier molecular flexibility index (Phi) is 6.59. The zero-order chi connectivity index (χ0) is 14.2. The molecular formula is C19H30O. The van der Waals surface area contributed by atoms with Gasteiger partial charge in [0, 0.05) is 0 Å². The molecule has 112 valence electrons. The third-order valence-corrected chi connectivity index (χ3v) is 4.97. The van der Waals surface area contributed by atoms with Crippen molar-refractivity contribution in [2.75, 3.05) is 0 Å². The van der Waals surface area contributed by atoms with Crippen LogP contribution >= 0.6 is 0 Å². The van der Waals surface area contributed by atoms with E-state index >= 15 is 0 Å². The van der Waals surface area contributed by atoms with Gasteiger partial charge in [0.15, 0.2) is 0 Å². The largest absolute Gasteiger partial charge is 0.393 e. The highest BCUT2D eigenvalue weighted by molar-refractivity contribution is 5.14. The van der Waals surface area contributed by atoms with Crippen LogP contribution in [0.15, 0.2) is 30.3 Å². The maximum absolute atomic E-state index is 10.4. The summed E-state index contributed by atoms with van der Waals surface area (Å²) in [5.74, 6) is 1.49. The Labute approximate surface area is 124 Å². The number of hydrogen-bond donors (Lipinski definition) is 1. The Morgan fingerprint density at radius 1 is 1.10 bits per heavy atom. The van der Waals surface area contributed by atoms with Crippen LogP contribution in [0.5, 0.6) is 0 Å². The van der Waals surface area contributed by atoms with Crippen LogP contribution in [0.2, 0.25) is 0 Å². The molecule has 20 heavy (non-hydrogen) atoms. The van der Waals surface area contributed by atoms with E-state index in [1.54, 1.807) is 0 Å². The molecule has 0 saturated heterocycles. The number of aliphatic hydroxyl groups excluding tert-OH is 1. The van der Waals surface area contributed by atoms with Crippen molar-refractivity contribution < 1.29 is 5.11 Å². The van der Waals surface area contributed by atoms with Gasteiger partial charge in [-0.2, -0.15) is 0 Å². The molecule has 0 aromatic heterocycles. The van der Waals surface area contributed by atoms with Gasteiger partial charge in [0.05, 0.1) is 6.10 Å². The zero-order valence-electron chi connectivity index (χ0n) is 12.9. The predicted octanol–water partition coefficient (Wildman–Crippen LogP) is 4.98. The minimum absolute atomic E-state index is 0.0951. The van der Waals surface area contributed by atoms with Gasteiger partial charge in [-0.1, -0.05) is 69.4 Å². The third kappa shape index (κ3) is 4.94. The molecule has 1 aliphatic carbocycles. The van der Waals surface area contributed by atoms with Gasteiger partial charge in [0.25, 0.3) is 0 Å². The lowest BCUT2D eigenvalue weighted by Gasteiger charge is -2.31. The summed E-state index contributed by atoms with van der Waals surface area (Å²) in [4.78, 5) is 0. The molecule has 1 heteroatoms. The molecule has 1 aliphatic rings. The van der Waals surface area contributed by atoms with E-state index in [0.29, 0.717) is 5.92 Å². The number of aryl methyl sites for hydroxylation is 1. The second kappa shape index (κ2) is 8.46. The molecule has 0 bridgehead atoms. The lowest BCUT2D eigenvalue weighted by atomic mass is 9.77. The van der Waals surface area contributed by atoms with E-state index in [4.69, 9.17) is 0 Å². The molecule has 0 radical (unpaired) electrons. The van der Waals surface area contributed by atoms with Gasteiger partial charge < -0.3 is 5.11 Å². The van der Waals surface area contributed by atoms with Gasteiger partial charge in [-0.15, -0.1) is 0 Å². The van der Waals surface area contributed by atoms with Gasteiger partial charge in [0.2, 0.25) is 0 Å². The fourth-order valence-electron chi connectivity index (χ4n) is 3.55. The monoisotopic (exact) mass is 274 g/mol. The van der Waals surface area contributed by atoms with Crippen molar-refractivity contribution in [2.45, 2.75) is 70.8 Å². The molecule has 1 aromatic rings. The normalized spacial score (nSPS) is 24.5. The van der Waals surface area contributed by atoms with E-state index in [-0.39, 0.29) is 6.10 Å². The van der Waals surface area contributed by atoms with Crippen LogP contribution in [0.3, 0.4) is 0 Å². The van der Waals surface area contributed by atoms with E-state index in [9.17, 15) is 5.11 Å². The fraction of sp³-hybridized carbons (Fsp3) is 0.684. The quantitative estimate of drug-likeness (QED) is 0.743. The van der Waals surface area contributed by atoms with E-state index in [1.807, 2.05) is 0 Å². The summed E-state index contributed by atoms with van der Waals surface area (Å²) in [6.07, 6.45) is 11.1. The van der Waals surface area contributed by atoms with Crippen molar-refractivity contribution >= 4 is 0 Å². The van der Waals surface area contributed by atoms with Crippen LogP contribution in [0.4, 0.5) is 0 Å². The Bertz CT molecular complexity index is 351. The Morgan fingerprint density at radius 3 is 2.45 bits per heavy atom. The first kappa shape index (κ1) is 15.6. The third-order valence-electron chi connectivity index (χ3n) is 4.97. The number of hydrogen-bond acceptors (Lipinski definition) is 1. The van der Waals surface area contributed by atoms with E-state index in [0.717, 1.165) is 18.8 Å². The molecule has 1 N–H and O–H groups in total. The number of rotatable bonds is 7. The molecule has 1 atom stereocenters. The average Bonchev–Trinajstić information content (AvgIpc) is 2.52. The second-order valence-electron chi connectivity index (χ2n) is 6.51. The van der Waals surface area contributed by atoms with Crippen molar-refractivity contribution in [3.05, 3.63) is 35.9 Å². The van der Waals surface area contributed by atoms with Crippen LogP contribution in [-0.4, -0.2) is 11.2 Å². The lowest BCUT2D eigenvalue weighted by molar-refractivity contribution is 0.0658. The van der Waals surface area contributed by atoms with Gasteiger partial charge >= 0.3 is 0 Å². The minimum atomic E-state index is -0.0951. The first-order valence-electron chi connectivity index (χ1n) is 8.51. The highest BCUT2D eigenvalue weighted by atomic mass is 16.3. The number of aliphatic hydroxyl groups is 1. The lowest BCUT2D eigenvalue weighted by Crippen LogP contribution is -2.26. The van der Waals surface area contributed by atoms with E-state index in [1.165, 1.54) is 50.5 Å². The van der Waals surface area contributed by atoms with Crippen molar-refractivity contribution in [1.82, 2.24) is 0 Å². The average molecular weight is 274 g/mol. The smallest absolute Gasteiger partial charge is 0.0571 e. The minimum Gasteiger partial charge on any atom is -0.393 e. The van der Waals surface area contributed by atoms with Gasteiger partial charge in [-0.05, 0) is 43.1 Å². The topological polar surface area (TPSA) is 20.2 Å². The van der Waals surface area contributed by atoms with Crippen molar-refractivity contribution in [3.63, 3.8) is 0 Å². The highest BCUT2D eigenvalue weighted by Gasteiger charge is 2.25. The standard InChI is InChI=1S/C19H30O/c1-2-3-7-17-10-13-18(14-11-17)19(20)15-12-16-8-5-4-6-9-16/h4-6,8-9,17-20H,2-3,7,10-15H2,1H3.